The number of rotatable bonds is 10. The summed E-state index contributed by atoms with van der Waals surface area (Å²) in [5.74, 6) is -0.795. The molecule has 254 valence electrons. The summed E-state index contributed by atoms with van der Waals surface area (Å²) in [7, 11) is 1.66. The molecule has 0 radical (unpaired) electrons. The van der Waals surface area contributed by atoms with Crippen LogP contribution in [0.3, 0.4) is 0 Å². The monoisotopic (exact) mass is 673 g/mol. The number of imidazole rings is 1. The first kappa shape index (κ1) is 32.8. The number of fused-ring (bicyclic) bond motifs is 1. The van der Waals surface area contributed by atoms with Gasteiger partial charge in [0.05, 0.1) is 29.9 Å². The summed E-state index contributed by atoms with van der Waals surface area (Å²) in [6, 6.07) is 23.9. The first-order chi connectivity index (χ1) is 24.4. The number of hydrogen-bond acceptors (Lipinski definition) is 7. The lowest BCUT2D eigenvalue weighted by atomic mass is 9.89. The van der Waals surface area contributed by atoms with Crippen LogP contribution in [0.1, 0.15) is 48.0 Å². The van der Waals surface area contributed by atoms with Crippen LogP contribution >= 0.6 is 0 Å². The fourth-order valence-electron chi connectivity index (χ4n) is 6.59. The average Bonchev–Trinajstić information content (AvgIpc) is 3.54. The molecule has 1 aliphatic rings. The zero-order chi connectivity index (χ0) is 34.6. The molecular weight excluding hydrogens is 636 g/mol. The van der Waals surface area contributed by atoms with Crippen molar-refractivity contribution in [3.05, 3.63) is 120 Å². The summed E-state index contributed by atoms with van der Waals surface area (Å²) in [6.45, 7) is 5.59. The van der Waals surface area contributed by atoms with E-state index < -0.39 is 23.2 Å². The quantitative estimate of drug-likeness (QED) is 0.151. The van der Waals surface area contributed by atoms with Crippen LogP contribution in [0.15, 0.2) is 97.3 Å². The topological polar surface area (TPSA) is 96.7 Å². The van der Waals surface area contributed by atoms with Crippen LogP contribution in [0.5, 0.6) is 5.75 Å². The van der Waals surface area contributed by atoms with Crippen molar-refractivity contribution in [2.75, 3.05) is 37.4 Å². The van der Waals surface area contributed by atoms with Crippen molar-refractivity contribution in [3.8, 4) is 28.4 Å². The van der Waals surface area contributed by atoms with Gasteiger partial charge in [-0.2, -0.15) is 0 Å². The summed E-state index contributed by atoms with van der Waals surface area (Å²) in [5, 5.41) is 5.70. The molecule has 1 fully saturated rings. The molecule has 3 aromatic carbocycles. The number of pyridine rings is 1. The van der Waals surface area contributed by atoms with E-state index in [4.69, 9.17) is 14.7 Å². The summed E-state index contributed by atoms with van der Waals surface area (Å²) >= 11 is 0. The van der Waals surface area contributed by atoms with E-state index >= 15 is 0 Å². The minimum atomic E-state index is -0.859. The van der Waals surface area contributed by atoms with Crippen molar-refractivity contribution in [1.29, 1.82) is 0 Å². The average molecular weight is 674 g/mol. The van der Waals surface area contributed by atoms with E-state index in [-0.39, 0.29) is 5.56 Å². The van der Waals surface area contributed by atoms with Crippen LogP contribution in [-0.2, 0) is 0 Å². The molecule has 1 aliphatic heterocycles. The molecule has 2 N–H and O–H groups in total. The molecular formula is C39H37F2N7O2. The number of hydrogen-bond donors (Lipinski definition) is 2. The van der Waals surface area contributed by atoms with Crippen LogP contribution < -0.4 is 15.4 Å². The number of halogens is 2. The number of anilines is 3. The van der Waals surface area contributed by atoms with Gasteiger partial charge in [0.25, 0.3) is 5.91 Å². The Bertz CT molecular complexity index is 2140. The predicted octanol–water partition coefficient (Wildman–Crippen LogP) is 8.33. The van der Waals surface area contributed by atoms with Crippen LogP contribution in [0.25, 0.3) is 28.3 Å². The minimum absolute atomic E-state index is 0.209. The number of piperidine rings is 1. The van der Waals surface area contributed by atoms with Gasteiger partial charge < -0.3 is 20.3 Å². The van der Waals surface area contributed by atoms with Crippen LogP contribution in [0.2, 0.25) is 0 Å². The Morgan fingerprint density at radius 2 is 1.74 bits per heavy atom. The standard InChI is InChI=1S/C39H37F2N7O2/c1-3-19-47-21-16-25(17-22-47)26-13-14-31(33(24-26)50-2)43-39-42-18-15-32(44-39)37-35(45-34-12-4-5-20-48(34)37)27-8-6-9-28(23-27)38(49)46-36-29(40)10-7-11-30(36)41/h4-15,18,20,23-25H,3,16-17,19,21-22H2,1-2H3,(H,46,49)(H,42,43,44). The Hall–Kier alpha value is -5.68. The zero-order valence-electron chi connectivity index (χ0n) is 27.9. The third-order valence-corrected chi connectivity index (χ3v) is 9.10. The number of nitrogens with zero attached hydrogens (tertiary/aromatic N) is 5. The molecule has 6 aromatic rings. The fraction of sp³-hybridized carbons (Fsp3) is 0.231. The number of carbonyl (C=O) groups is 1. The van der Waals surface area contributed by atoms with Crippen molar-refractivity contribution in [2.24, 2.45) is 0 Å². The van der Waals surface area contributed by atoms with E-state index in [2.05, 4.69) is 39.6 Å². The molecule has 50 heavy (non-hydrogen) atoms. The van der Waals surface area contributed by atoms with Gasteiger partial charge in [-0.15, -0.1) is 0 Å². The molecule has 0 unspecified atom stereocenters. The molecule has 0 aliphatic carbocycles. The third-order valence-electron chi connectivity index (χ3n) is 9.10. The lowest BCUT2D eigenvalue weighted by molar-refractivity contribution is 0.102. The van der Waals surface area contributed by atoms with Crippen LogP contribution in [0, 0.1) is 11.6 Å². The molecule has 1 saturated heterocycles. The Labute approximate surface area is 289 Å². The second-order valence-corrected chi connectivity index (χ2v) is 12.3. The fourth-order valence-corrected chi connectivity index (χ4v) is 6.59. The van der Waals surface area contributed by atoms with Gasteiger partial charge in [-0.3, -0.25) is 9.20 Å². The molecule has 9 nitrogen and oxygen atoms in total. The first-order valence-electron chi connectivity index (χ1n) is 16.8. The maximum absolute atomic E-state index is 14.3. The van der Waals surface area contributed by atoms with E-state index in [1.165, 1.54) is 18.1 Å². The normalized spacial score (nSPS) is 13.8. The van der Waals surface area contributed by atoms with E-state index in [9.17, 15) is 13.6 Å². The molecule has 0 spiro atoms. The van der Waals surface area contributed by atoms with E-state index in [0.29, 0.717) is 45.9 Å². The smallest absolute Gasteiger partial charge is 0.255 e. The van der Waals surface area contributed by atoms with Crippen LogP contribution in [0.4, 0.5) is 26.1 Å². The molecule has 7 rings (SSSR count). The zero-order valence-corrected chi connectivity index (χ0v) is 27.9. The Balaban J connectivity index is 1.18. The SMILES string of the molecule is CCCN1CCC(c2ccc(Nc3nccc(-c4c(-c5cccc(C(=O)Nc6c(F)cccc6F)c5)nc5ccccn45)n3)c(OC)c2)CC1. The van der Waals surface area contributed by atoms with Gasteiger partial charge in [-0.1, -0.05) is 37.3 Å². The van der Waals surface area contributed by atoms with Gasteiger partial charge in [0.1, 0.15) is 28.7 Å². The van der Waals surface area contributed by atoms with Crippen LogP contribution in [-0.4, -0.2) is 56.9 Å². The largest absolute Gasteiger partial charge is 0.495 e. The Morgan fingerprint density at radius 3 is 2.52 bits per heavy atom. The van der Waals surface area contributed by atoms with Crippen molar-refractivity contribution in [3.63, 3.8) is 0 Å². The third kappa shape index (κ3) is 6.77. The van der Waals surface area contributed by atoms with E-state index in [0.717, 1.165) is 50.3 Å². The van der Waals surface area contributed by atoms with Crippen molar-refractivity contribution in [1.82, 2.24) is 24.3 Å². The number of amides is 1. The number of methoxy groups -OCH3 is 1. The second kappa shape index (κ2) is 14.4. The maximum atomic E-state index is 14.3. The van der Waals surface area contributed by atoms with Gasteiger partial charge in [0.2, 0.25) is 5.95 Å². The highest BCUT2D eigenvalue weighted by Gasteiger charge is 2.23. The molecule has 4 heterocycles. The maximum Gasteiger partial charge on any atom is 0.255 e. The van der Waals surface area contributed by atoms with Crippen molar-refractivity contribution < 1.29 is 18.3 Å². The summed E-state index contributed by atoms with van der Waals surface area (Å²) in [6.07, 6.45) is 6.99. The Kier molecular flexibility index (Phi) is 9.48. The molecule has 11 heteroatoms. The van der Waals surface area contributed by atoms with E-state index in [1.54, 1.807) is 37.6 Å². The lowest BCUT2D eigenvalue weighted by Gasteiger charge is -2.32. The number of likely N-dealkylation sites (tertiary alicyclic amines) is 1. The number of carbonyl (C=O) groups excluding carboxylic acids is 1. The molecule has 1 amide bonds. The highest BCUT2D eigenvalue weighted by Crippen LogP contribution is 2.36. The number of para-hydroxylation sites is 1. The van der Waals surface area contributed by atoms with Gasteiger partial charge in [-0.25, -0.2) is 23.7 Å². The van der Waals surface area contributed by atoms with Crippen molar-refractivity contribution in [2.45, 2.75) is 32.1 Å². The summed E-state index contributed by atoms with van der Waals surface area (Å²) in [4.78, 5) is 30.0. The number of nitrogens with one attached hydrogen (secondary N) is 2. The number of ether oxygens (including phenoxy) is 1. The molecule has 3 aromatic heterocycles. The Morgan fingerprint density at radius 1 is 0.940 bits per heavy atom. The van der Waals surface area contributed by atoms with Gasteiger partial charge in [0.15, 0.2) is 0 Å². The number of aromatic nitrogens is 4. The first-order valence-corrected chi connectivity index (χ1v) is 16.8. The lowest BCUT2D eigenvalue weighted by Crippen LogP contribution is -2.33. The predicted molar refractivity (Wildman–Crippen MR) is 191 cm³/mol. The highest BCUT2D eigenvalue weighted by atomic mass is 19.1. The highest BCUT2D eigenvalue weighted by molar-refractivity contribution is 6.05. The summed E-state index contributed by atoms with van der Waals surface area (Å²) in [5.41, 5.74) is 4.86. The second-order valence-electron chi connectivity index (χ2n) is 12.3. The molecule has 0 atom stereocenters. The molecule has 0 saturated carbocycles. The van der Waals surface area contributed by atoms with Gasteiger partial charge >= 0.3 is 0 Å². The summed E-state index contributed by atoms with van der Waals surface area (Å²) < 4.78 is 36.3. The minimum Gasteiger partial charge on any atom is -0.495 e. The van der Waals surface area contributed by atoms with Gasteiger partial charge in [-0.05, 0) is 105 Å². The van der Waals surface area contributed by atoms with E-state index in [1.807, 2.05) is 40.9 Å². The molecule has 0 bridgehead atoms. The number of benzene rings is 3. The van der Waals surface area contributed by atoms with Crippen molar-refractivity contribution >= 4 is 28.9 Å². The van der Waals surface area contributed by atoms with Gasteiger partial charge in [0, 0.05) is 23.5 Å².